The summed E-state index contributed by atoms with van der Waals surface area (Å²) in [5.74, 6) is 11.1. The van der Waals surface area contributed by atoms with Crippen LogP contribution in [0, 0.1) is 23.7 Å². The number of hydrogen-bond acceptors (Lipinski definition) is 4. The number of hydrogen-bond donors (Lipinski definition) is 0. The van der Waals surface area contributed by atoms with Gasteiger partial charge in [-0.2, -0.15) is 0 Å². The highest BCUT2D eigenvalue weighted by Gasteiger charge is 2.09. The summed E-state index contributed by atoms with van der Waals surface area (Å²) in [4.78, 5) is 0. The Bertz CT molecular complexity index is 305. The van der Waals surface area contributed by atoms with Crippen LogP contribution < -0.4 is 0 Å². The average Bonchev–Trinajstić information content (AvgIpc) is 2.79. The summed E-state index contributed by atoms with van der Waals surface area (Å²) in [6.45, 7) is 2.78. The monoisotopic (exact) mass is 250 g/mol. The molecule has 0 amide bonds. The van der Waals surface area contributed by atoms with E-state index >= 15 is 0 Å². The van der Waals surface area contributed by atoms with E-state index in [1.807, 2.05) is 0 Å². The summed E-state index contributed by atoms with van der Waals surface area (Å²) in [5.41, 5.74) is 0. The van der Waals surface area contributed by atoms with Gasteiger partial charge in [0.1, 0.15) is 0 Å². The predicted molar refractivity (Wildman–Crippen MR) is 65.4 cm³/mol. The summed E-state index contributed by atoms with van der Waals surface area (Å²) in [5, 5.41) is 0. The third-order valence-corrected chi connectivity index (χ3v) is 2.60. The van der Waals surface area contributed by atoms with Crippen molar-refractivity contribution in [2.24, 2.45) is 0 Å². The fraction of sp³-hybridized carbons (Fsp3) is 0.714. The molecule has 0 aromatic heterocycles. The number of ether oxygens (including phenoxy) is 4. The van der Waals surface area contributed by atoms with E-state index in [2.05, 4.69) is 23.7 Å². The van der Waals surface area contributed by atoms with Crippen molar-refractivity contribution in [3.05, 3.63) is 0 Å². The molecule has 0 atom stereocenters. The molecule has 18 heavy (non-hydrogen) atoms. The first-order chi connectivity index (χ1) is 8.95. The van der Waals surface area contributed by atoms with Gasteiger partial charge in [-0.1, -0.05) is 0 Å². The Morgan fingerprint density at radius 3 is 1.22 bits per heavy atom. The van der Waals surface area contributed by atoms with Crippen LogP contribution in [-0.4, -0.2) is 39.0 Å². The van der Waals surface area contributed by atoms with Crippen molar-refractivity contribution in [2.45, 2.75) is 38.3 Å². The van der Waals surface area contributed by atoms with E-state index in [-0.39, 0.29) is 0 Å². The zero-order chi connectivity index (χ0) is 12.5. The molecule has 4 heteroatoms. The van der Waals surface area contributed by atoms with Gasteiger partial charge in [-0.05, 0) is 49.4 Å². The van der Waals surface area contributed by atoms with Gasteiger partial charge in [0.05, 0.1) is 26.4 Å². The van der Waals surface area contributed by atoms with E-state index in [1.54, 1.807) is 0 Å². The van der Waals surface area contributed by atoms with E-state index in [4.69, 9.17) is 18.9 Å². The molecule has 0 unspecified atom stereocenters. The van der Waals surface area contributed by atoms with Gasteiger partial charge in [0.15, 0.2) is 0 Å². The lowest BCUT2D eigenvalue weighted by atomic mass is 10.3. The van der Waals surface area contributed by atoms with E-state index in [1.165, 1.54) is 0 Å². The van der Waals surface area contributed by atoms with Crippen LogP contribution in [0.15, 0.2) is 0 Å². The maximum Gasteiger partial charge on any atom is 0.223 e. The van der Waals surface area contributed by atoms with Crippen LogP contribution >= 0.6 is 0 Å². The topological polar surface area (TPSA) is 36.9 Å². The Morgan fingerprint density at radius 1 is 0.556 bits per heavy atom. The molecule has 0 radical (unpaired) electrons. The highest BCUT2D eigenvalue weighted by Crippen LogP contribution is 2.05. The van der Waals surface area contributed by atoms with Gasteiger partial charge in [0.2, 0.25) is 12.6 Å². The van der Waals surface area contributed by atoms with Crippen LogP contribution in [0.25, 0.3) is 0 Å². The van der Waals surface area contributed by atoms with Crippen molar-refractivity contribution in [3.63, 3.8) is 0 Å². The second-order valence-corrected chi connectivity index (χ2v) is 4.10. The summed E-state index contributed by atoms with van der Waals surface area (Å²) in [6.07, 6.45) is 3.19. The fourth-order valence-corrected chi connectivity index (χ4v) is 1.62. The molecular formula is C14H18O4. The molecule has 4 nitrogen and oxygen atoms in total. The van der Waals surface area contributed by atoms with E-state index in [0.717, 1.165) is 25.7 Å². The molecule has 0 saturated carbocycles. The first-order valence-electron chi connectivity index (χ1n) is 6.42. The highest BCUT2D eigenvalue weighted by molar-refractivity contribution is 5.27. The van der Waals surface area contributed by atoms with Gasteiger partial charge >= 0.3 is 0 Å². The van der Waals surface area contributed by atoms with E-state index < -0.39 is 12.6 Å². The van der Waals surface area contributed by atoms with Crippen LogP contribution in [0.4, 0.5) is 0 Å². The van der Waals surface area contributed by atoms with Gasteiger partial charge in [-0.3, -0.25) is 0 Å². The van der Waals surface area contributed by atoms with Crippen molar-refractivity contribution >= 4 is 0 Å². The predicted octanol–water partition coefficient (Wildman–Crippen LogP) is 1.30. The molecule has 0 aromatic carbocycles. The molecule has 98 valence electrons. The molecule has 2 aliphatic rings. The smallest absolute Gasteiger partial charge is 0.223 e. The third-order valence-electron chi connectivity index (χ3n) is 2.60. The lowest BCUT2D eigenvalue weighted by Gasteiger charge is -2.07. The van der Waals surface area contributed by atoms with Crippen LogP contribution in [-0.2, 0) is 18.9 Å². The van der Waals surface area contributed by atoms with Gasteiger partial charge < -0.3 is 18.9 Å². The maximum atomic E-state index is 5.39. The molecule has 2 fully saturated rings. The Kier molecular flexibility index (Phi) is 6.05. The lowest BCUT2D eigenvalue weighted by Crippen LogP contribution is -2.13. The molecule has 0 aliphatic carbocycles. The first-order valence-corrected chi connectivity index (χ1v) is 6.42. The van der Waals surface area contributed by atoms with E-state index in [0.29, 0.717) is 26.4 Å². The minimum absolute atomic E-state index is 0.447. The molecule has 2 heterocycles. The zero-order valence-corrected chi connectivity index (χ0v) is 10.4. The van der Waals surface area contributed by atoms with Crippen molar-refractivity contribution in [3.8, 4) is 23.7 Å². The normalized spacial score (nSPS) is 22.9. The third kappa shape index (κ3) is 5.08. The van der Waals surface area contributed by atoms with Crippen LogP contribution in [0.2, 0.25) is 0 Å². The summed E-state index contributed by atoms with van der Waals surface area (Å²) in [7, 11) is 0. The van der Waals surface area contributed by atoms with Crippen LogP contribution in [0.3, 0.4) is 0 Å². The van der Waals surface area contributed by atoms with E-state index in [9.17, 15) is 0 Å². The second-order valence-electron chi connectivity index (χ2n) is 4.10. The molecule has 2 saturated heterocycles. The van der Waals surface area contributed by atoms with Crippen molar-refractivity contribution in [2.75, 3.05) is 26.4 Å². The second kappa shape index (κ2) is 8.13. The number of rotatable bonds is 0. The standard InChI is InChI=1S/C14H18O4/c1(7-13-15-9-3-4-10-16-13)2-8-14-17-11-5-6-12-18-14/h13-14H,3-6,9-12H2. The van der Waals surface area contributed by atoms with Gasteiger partial charge in [0, 0.05) is 0 Å². The quantitative estimate of drug-likeness (QED) is 0.607. The molecule has 0 bridgehead atoms. The van der Waals surface area contributed by atoms with Crippen LogP contribution in [0.5, 0.6) is 0 Å². The fourth-order valence-electron chi connectivity index (χ4n) is 1.62. The molecule has 0 spiro atoms. The molecule has 2 rings (SSSR count). The average molecular weight is 250 g/mol. The van der Waals surface area contributed by atoms with Crippen molar-refractivity contribution in [1.82, 2.24) is 0 Å². The summed E-state index contributed by atoms with van der Waals surface area (Å²) >= 11 is 0. The Balaban J connectivity index is 1.79. The SMILES string of the molecule is C(C#CC1OCCCCO1)#CC1OCCCCO1. The summed E-state index contributed by atoms with van der Waals surface area (Å²) < 4.78 is 21.6. The minimum Gasteiger partial charge on any atom is -0.342 e. The summed E-state index contributed by atoms with van der Waals surface area (Å²) in [6, 6.07) is 0. The van der Waals surface area contributed by atoms with Crippen molar-refractivity contribution in [1.29, 1.82) is 0 Å². The highest BCUT2D eigenvalue weighted by atomic mass is 16.7. The molecule has 0 aromatic rings. The first kappa shape index (κ1) is 13.4. The lowest BCUT2D eigenvalue weighted by molar-refractivity contribution is -0.0862. The largest absolute Gasteiger partial charge is 0.342 e. The van der Waals surface area contributed by atoms with Gasteiger partial charge in [-0.15, -0.1) is 0 Å². The van der Waals surface area contributed by atoms with Gasteiger partial charge in [-0.25, -0.2) is 0 Å². The minimum atomic E-state index is -0.447. The molecule has 0 N–H and O–H groups in total. The van der Waals surface area contributed by atoms with Crippen LogP contribution in [0.1, 0.15) is 25.7 Å². The maximum absolute atomic E-state index is 5.39. The van der Waals surface area contributed by atoms with Gasteiger partial charge in [0.25, 0.3) is 0 Å². The molecule has 2 aliphatic heterocycles. The Hall–Kier alpha value is -1.04. The van der Waals surface area contributed by atoms with Crippen molar-refractivity contribution < 1.29 is 18.9 Å². The Labute approximate surface area is 108 Å². The zero-order valence-electron chi connectivity index (χ0n) is 10.4. The molecular weight excluding hydrogens is 232 g/mol. The Morgan fingerprint density at radius 2 is 0.889 bits per heavy atom.